The summed E-state index contributed by atoms with van der Waals surface area (Å²) in [5.74, 6) is -1.78. The summed E-state index contributed by atoms with van der Waals surface area (Å²) < 4.78 is 18.2. The lowest BCUT2D eigenvalue weighted by molar-refractivity contribution is -0.137. The Labute approximate surface area is 104 Å². The molecule has 98 valence electrons. The van der Waals surface area contributed by atoms with Crippen LogP contribution in [0.5, 0.6) is 11.5 Å². The van der Waals surface area contributed by atoms with Crippen LogP contribution in [0.4, 0.5) is 4.39 Å². The van der Waals surface area contributed by atoms with E-state index in [0.717, 1.165) is 18.9 Å². The van der Waals surface area contributed by atoms with Gasteiger partial charge in [-0.1, -0.05) is 0 Å². The van der Waals surface area contributed by atoms with Crippen molar-refractivity contribution >= 4 is 5.97 Å². The molecule has 0 saturated heterocycles. The zero-order valence-corrected chi connectivity index (χ0v) is 10.0. The SMILES string of the molecule is COc1cc(C(CC(=O)O)C2CC2)c(O)cc1F. The van der Waals surface area contributed by atoms with Crippen molar-refractivity contribution in [2.24, 2.45) is 5.92 Å². The Morgan fingerprint density at radius 1 is 1.56 bits per heavy atom. The normalized spacial score (nSPS) is 16.3. The lowest BCUT2D eigenvalue weighted by atomic mass is 9.90. The highest BCUT2D eigenvalue weighted by atomic mass is 19.1. The van der Waals surface area contributed by atoms with Gasteiger partial charge in [0, 0.05) is 17.5 Å². The largest absolute Gasteiger partial charge is 0.508 e. The molecule has 0 heterocycles. The molecule has 1 fully saturated rings. The molecule has 1 unspecified atom stereocenters. The van der Waals surface area contributed by atoms with Crippen molar-refractivity contribution < 1.29 is 24.1 Å². The molecule has 18 heavy (non-hydrogen) atoms. The molecular weight excluding hydrogens is 239 g/mol. The molecule has 0 aromatic heterocycles. The van der Waals surface area contributed by atoms with Crippen molar-refractivity contribution in [3.63, 3.8) is 0 Å². The Kier molecular flexibility index (Phi) is 3.41. The van der Waals surface area contributed by atoms with Gasteiger partial charge in [0.2, 0.25) is 0 Å². The Bertz CT molecular complexity index is 468. The lowest BCUT2D eigenvalue weighted by Gasteiger charge is -2.17. The van der Waals surface area contributed by atoms with E-state index in [4.69, 9.17) is 9.84 Å². The van der Waals surface area contributed by atoms with E-state index in [9.17, 15) is 14.3 Å². The number of carboxylic acids is 1. The van der Waals surface area contributed by atoms with Crippen LogP contribution in [0.25, 0.3) is 0 Å². The van der Waals surface area contributed by atoms with Gasteiger partial charge in [-0.05, 0) is 24.8 Å². The zero-order chi connectivity index (χ0) is 13.3. The molecule has 0 amide bonds. The van der Waals surface area contributed by atoms with Crippen LogP contribution in [-0.4, -0.2) is 23.3 Å². The van der Waals surface area contributed by atoms with E-state index in [1.165, 1.54) is 13.2 Å². The van der Waals surface area contributed by atoms with Gasteiger partial charge >= 0.3 is 5.97 Å². The minimum atomic E-state index is -0.922. The monoisotopic (exact) mass is 254 g/mol. The molecular formula is C13H15FO4. The molecule has 4 nitrogen and oxygen atoms in total. The Balaban J connectivity index is 2.37. The number of methoxy groups -OCH3 is 1. The molecule has 1 aliphatic rings. The number of rotatable bonds is 5. The summed E-state index contributed by atoms with van der Waals surface area (Å²) in [4.78, 5) is 10.9. The minimum absolute atomic E-state index is 0.0267. The molecule has 1 aromatic carbocycles. The molecule has 0 radical (unpaired) electrons. The molecule has 1 aliphatic carbocycles. The second kappa shape index (κ2) is 4.84. The van der Waals surface area contributed by atoms with Crippen LogP contribution < -0.4 is 4.74 Å². The van der Waals surface area contributed by atoms with E-state index in [-0.39, 0.29) is 29.8 Å². The van der Waals surface area contributed by atoms with Crippen molar-refractivity contribution in [3.8, 4) is 11.5 Å². The fourth-order valence-corrected chi connectivity index (χ4v) is 2.23. The second-order valence-electron chi connectivity index (χ2n) is 4.59. The van der Waals surface area contributed by atoms with Crippen LogP contribution in [0, 0.1) is 11.7 Å². The first-order valence-corrected chi connectivity index (χ1v) is 5.81. The number of hydrogen-bond donors (Lipinski definition) is 2. The van der Waals surface area contributed by atoms with Crippen LogP contribution >= 0.6 is 0 Å². The highest BCUT2D eigenvalue weighted by molar-refractivity contribution is 5.68. The summed E-state index contributed by atoms with van der Waals surface area (Å²) in [5, 5.41) is 18.7. The molecule has 2 rings (SSSR count). The number of aromatic hydroxyl groups is 1. The fourth-order valence-electron chi connectivity index (χ4n) is 2.23. The van der Waals surface area contributed by atoms with Gasteiger partial charge in [-0.2, -0.15) is 0 Å². The van der Waals surface area contributed by atoms with Crippen LogP contribution in [-0.2, 0) is 4.79 Å². The average molecular weight is 254 g/mol. The van der Waals surface area contributed by atoms with Crippen molar-refractivity contribution in [2.45, 2.75) is 25.2 Å². The summed E-state index contributed by atoms with van der Waals surface area (Å²) in [6.45, 7) is 0. The van der Waals surface area contributed by atoms with Crippen LogP contribution in [0.3, 0.4) is 0 Å². The standard InChI is InChI=1S/C13H15FO4/c1-18-12-4-9(11(15)6-10(12)14)8(5-13(16)17)7-2-3-7/h4,6-8,15H,2-3,5H2,1H3,(H,16,17). The van der Waals surface area contributed by atoms with E-state index in [0.29, 0.717) is 5.56 Å². The zero-order valence-electron chi connectivity index (χ0n) is 10.0. The first-order chi connectivity index (χ1) is 8.52. The third-order valence-corrected chi connectivity index (χ3v) is 3.29. The third-order valence-electron chi connectivity index (χ3n) is 3.29. The summed E-state index contributed by atoms with van der Waals surface area (Å²) in [6.07, 6.45) is 1.82. The maximum Gasteiger partial charge on any atom is 0.303 e. The molecule has 5 heteroatoms. The summed E-state index contributed by atoms with van der Waals surface area (Å²) in [7, 11) is 1.34. The van der Waals surface area contributed by atoms with Gasteiger partial charge in [0.05, 0.1) is 13.5 Å². The molecule has 2 N–H and O–H groups in total. The highest BCUT2D eigenvalue weighted by Gasteiger charge is 2.35. The predicted octanol–water partition coefficient (Wildman–Crippen LogP) is 2.51. The van der Waals surface area contributed by atoms with E-state index in [1.807, 2.05) is 0 Å². The molecule has 0 aliphatic heterocycles. The maximum absolute atomic E-state index is 13.4. The lowest BCUT2D eigenvalue weighted by Crippen LogP contribution is -2.09. The van der Waals surface area contributed by atoms with Crippen LogP contribution in [0.2, 0.25) is 0 Å². The Morgan fingerprint density at radius 3 is 2.72 bits per heavy atom. The number of ether oxygens (including phenoxy) is 1. The Hall–Kier alpha value is -1.78. The van der Waals surface area contributed by atoms with Gasteiger partial charge in [-0.15, -0.1) is 0 Å². The number of carboxylic acid groups (broad SMARTS) is 1. The second-order valence-corrected chi connectivity index (χ2v) is 4.59. The first kappa shape index (κ1) is 12.7. The first-order valence-electron chi connectivity index (χ1n) is 5.81. The number of halogens is 1. The summed E-state index contributed by atoms with van der Waals surface area (Å²) in [6, 6.07) is 2.38. The smallest absolute Gasteiger partial charge is 0.303 e. The number of benzene rings is 1. The van der Waals surface area contributed by atoms with Gasteiger partial charge in [0.25, 0.3) is 0 Å². The number of phenolic OH excluding ortho intramolecular Hbond substituents is 1. The van der Waals surface area contributed by atoms with E-state index >= 15 is 0 Å². The number of aliphatic carboxylic acids is 1. The van der Waals surface area contributed by atoms with Crippen molar-refractivity contribution in [1.82, 2.24) is 0 Å². The van der Waals surface area contributed by atoms with Gasteiger partial charge in [0.1, 0.15) is 5.75 Å². The summed E-state index contributed by atoms with van der Waals surface area (Å²) >= 11 is 0. The number of carbonyl (C=O) groups is 1. The van der Waals surface area contributed by atoms with Crippen molar-refractivity contribution in [3.05, 3.63) is 23.5 Å². The van der Waals surface area contributed by atoms with E-state index in [1.54, 1.807) is 0 Å². The summed E-state index contributed by atoms with van der Waals surface area (Å²) in [5.41, 5.74) is 0.457. The van der Waals surface area contributed by atoms with E-state index in [2.05, 4.69) is 0 Å². The molecule has 1 atom stereocenters. The van der Waals surface area contributed by atoms with Gasteiger partial charge in [0.15, 0.2) is 11.6 Å². The third kappa shape index (κ3) is 2.55. The molecule has 0 spiro atoms. The fraction of sp³-hybridized carbons (Fsp3) is 0.462. The van der Waals surface area contributed by atoms with Crippen LogP contribution in [0.15, 0.2) is 12.1 Å². The molecule has 1 saturated carbocycles. The van der Waals surface area contributed by atoms with Crippen molar-refractivity contribution in [1.29, 1.82) is 0 Å². The topological polar surface area (TPSA) is 66.8 Å². The average Bonchev–Trinajstić information content (AvgIpc) is 3.10. The molecule has 1 aromatic rings. The maximum atomic E-state index is 13.4. The van der Waals surface area contributed by atoms with Crippen LogP contribution in [0.1, 0.15) is 30.7 Å². The highest BCUT2D eigenvalue weighted by Crippen LogP contribution is 2.47. The van der Waals surface area contributed by atoms with Gasteiger partial charge in [-0.25, -0.2) is 4.39 Å². The Morgan fingerprint density at radius 2 is 2.22 bits per heavy atom. The minimum Gasteiger partial charge on any atom is -0.508 e. The predicted molar refractivity (Wildman–Crippen MR) is 62.3 cm³/mol. The molecule has 0 bridgehead atoms. The van der Waals surface area contributed by atoms with Gasteiger partial charge < -0.3 is 14.9 Å². The number of hydrogen-bond acceptors (Lipinski definition) is 3. The number of phenols is 1. The van der Waals surface area contributed by atoms with Crippen molar-refractivity contribution in [2.75, 3.05) is 7.11 Å². The quantitative estimate of drug-likeness (QED) is 0.847. The van der Waals surface area contributed by atoms with E-state index < -0.39 is 11.8 Å². The van der Waals surface area contributed by atoms with Gasteiger partial charge in [-0.3, -0.25) is 4.79 Å².